The van der Waals surface area contributed by atoms with Crippen molar-refractivity contribution in [2.45, 2.75) is 13.1 Å². The monoisotopic (exact) mass is 262 g/mol. The summed E-state index contributed by atoms with van der Waals surface area (Å²) in [5.41, 5.74) is 7.51. The van der Waals surface area contributed by atoms with Crippen molar-refractivity contribution in [2.24, 2.45) is 5.73 Å². The number of rotatable bonds is 4. The highest BCUT2D eigenvalue weighted by Crippen LogP contribution is 2.14. The first-order chi connectivity index (χ1) is 8.69. The lowest BCUT2D eigenvalue weighted by Crippen LogP contribution is -2.19. The standard InChI is InChI=1S/C13H15ClN4/c1-18(9-10-3-2-4-11(14)7-10)13-16-6-5-12(8-15)17-13/h2-7H,8-9,15H2,1H3. The number of hydrogen-bond acceptors (Lipinski definition) is 4. The lowest BCUT2D eigenvalue weighted by molar-refractivity contribution is 0.845. The average molecular weight is 263 g/mol. The van der Waals surface area contributed by atoms with Crippen LogP contribution < -0.4 is 10.6 Å². The van der Waals surface area contributed by atoms with Gasteiger partial charge in [0.25, 0.3) is 0 Å². The Balaban J connectivity index is 2.13. The Morgan fingerprint density at radius 1 is 1.33 bits per heavy atom. The first kappa shape index (κ1) is 12.8. The van der Waals surface area contributed by atoms with Crippen LogP contribution in [0.3, 0.4) is 0 Å². The number of aromatic nitrogens is 2. The second kappa shape index (κ2) is 5.80. The van der Waals surface area contributed by atoms with E-state index in [9.17, 15) is 0 Å². The number of benzene rings is 1. The topological polar surface area (TPSA) is 55.0 Å². The van der Waals surface area contributed by atoms with Gasteiger partial charge in [-0.3, -0.25) is 0 Å². The predicted molar refractivity (Wildman–Crippen MR) is 73.5 cm³/mol. The van der Waals surface area contributed by atoms with Gasteiger partial charge in [0, 0.05) is 31.4 Å². The van der Waals surface area contributed by atoms with E-state index in [0.29, 0.717) is 19.0 Å². The number of hydrogen-bond donors (Lipinski definition) is 1. The van der Waals surface area contributed by atoms with Crippen molar-refractivity contribution >= 4 is 17.5 Å². The smallest absolute Gasteiger partial charge is 0.225 e. The summed E-state index contributed by atoms with van der Waals surface area (Å²) in [6.45, 7) is 1.12. The highest BCUT2D eigenvalue weighted by atomic mass is 35.5. The summed E-state index contributed by atoms with van der Waals surface area (Å²) >= 11 is 5.96. The first-order valence-corrected chi connectivity index (χ1v) is 6.04. The Morgan fingerprint density at radius 3 is 2.89 bits per heavy atom. The lowest BCUT2D eigenvalue weighted by Gasteiger charge is -2.17. The molecule has 0 aliphatic carbocycles. The van der Waals surface area contributed by atoms with E-state index in [4.69, 9.17) is 17.3 Å². The Bertz CT molecular complexity index is 530. The summed E-state index contributed by atoms with van der Waals surface area (Å²) < 4.78 is 0. The summed E-state index contributed by atoms with van der Waals surface area (Å²) in [5.74, 6) is 0.665. The second-order valence-electron chi connectivity index (χ2n) is 4.04. The van der Waals surface area contributed by atoms with E-state index in [1.165, 1.54) is 0 Å². The van der Waals surface area contributed by atoms with Crippen molar-refractivity contribution < 1.29 is 0 Å². The fraction of sp³-hybridized carbons (Fsp3) is 0.231. The number of nitrogens with two attached hydrogens (primary N) is 1. The van der Waals surface area contributed by atoms with Crippen molar-refractivity contribution in [1.82, 2.24) is 9.97 Å². The SMILES string of the molecule is CN(Cc1cccc(Cl)c1)c1nccc(CN)n1. The predicted octanol–water partition coefficient (Wildman–Crippen LogP) is 2.23. The molecule has 0 unspecified atom stereocenters. The van der Waals surface area contributed by atoms with Crippen molar-refractivity contribution in [3.05, 3.63) is 52.8 Å². The van der Waals surface area contributed by atoms with Crippen LogP contribution >= 0.6 is 11.6 Å². The maximum absolute atomic E-state index is 5.96. The van der Waals surface area contributed by atoms with Crippen LogP contribution in [0.2, 0.25) is 5.02 Å². The zero-order valence-corrected chi connectivity index (χ0v) is 10.9. The molecule has 1 aromatic heterocycles. The molecule has 1 aromatic carbocycles. The molecule has 0 saturated heterocycles. The third-order valence-electron chi connectivity index (χ3n) is 2.56. The van der Waals surface area contributed by atoms with E-state index >= 15 is 0 Å². The molecule has 18 heavy (non-hydrogen) atoms. The largest absolute Gasteiger partial charge is 0.340 e. The van der Waals surface area contributed by atoms with Crippen LogP contribution in [-0.2, 0) is 13.1 Å². The Labute approximate surface area is 111 Å². The Hall–Kier alpha value is -1.65. The second-order valence-corrected chi connectivity index (χ2v) is 4.47. The van der Waals surface area contributed by atoms with Crippen LogP contribution in [0, 0.1) is 0 Å². The molecule has 0 aliphatic heterocycles. The van der Waals surface area contributed by atoms with Gasteiger partial charge in [-0.25, -0.2) is 9.97 Å². The minimum Gasteiger partial charge on any atom is -0.340 e. The number of nitrogens with zero attached hydrogens (tertiary/aromatic N) is 3. The molecule has 0 amide bonds. The van der Waals surface area contributed by atoms with Crippen LogP contribution in [-0.4, -0.2) is 17.0 Å². The summed E-state index contributed by atoms with van der Waals surface area (Å²) in [4.78, 5) is 10.6. The molecule has 2 aromatic rings. The van der Waals surface area contributed by atoms with Crippen LogP contribution in [0.25, 0.3) is 0 Å². The molecule has 0 radical (unpaired) electrons. The fourth-order valence-corrected chi connectivity index (χ4v) is 1.87. The van der Waals surface area contributed by atoms with E-state index < -0.39 is 0 Å². The molecule has 94 valence electrons. The van der Waals surface area contributed by atoms with E-state index in [0.717, 1.165) is 16.3 Å². The molecular weight excluding hydrogens is 248 g/mol. The molecule has 0 atom stereocenters. The molecule has 1 heterocycles. The summed E-state index contributed by atoms with van der Waals surface area (Å²) in [6.07, 6.45) is 1.72. The molecule has 2 N–H and O–H groups in total. The van der Waals surface area contributed by atoms with Gasteiger partial charge in [0.15, 0.2) is 0 Å². The minimum atomic E-state index is 0.417. The van der Waals surface area contributed by atoms with Crippen molar-refractivity contribution in [2.75, 3.05) is 11.9 Å². The number of anilines is 1. The Kier molecular flexibility index (Phi) is 4.12. The van der Waals surface area contributed by atoms with Crippen LogP contribution in [0.15, 0.2) is 36.5 Å². The van der Waals surface area contributed by atoms with Crippen molar-refractivity contribution in [3.8, 4) is 0 Å². The van der Waals surface area contributed by atoms with Gasteiger partial charge < -0.3 is 10.6 Å². The zero-order valence-electron chi connectivity index (χ0n) is 10.2. The molecule has 0 fully saturated rings. The van der Waals surface area contributed by atoms with Crippen LogP contribution in [0.4, 0.5) is 5.95 Å². The molecule has 2 rings (SSSR count). The average Bonchev–Trinajstić information content (AvgIpc) is 2.39. The molecule has 0 bridgehead atoms. The van der Waals surface area contributed by atoms with Crippen LogP contribution in [0.1, 0.15) is 11.3 Å². The van der Waals surface area contributed by atoms with Crippen molar-refractivity contribution in [3.63, 3.8) is 0 Å². The van der Waals surface area contributed by atoms with Gasteiger partial charge in [-0.1, -0.05) is 23.7 Å². The minimum absolute atomic E-state index is 0.417. The molecule has 0 aliphatic rings. The summed E-state index contributed by atoms with van der Waals surface area (Å²) in [6, 6.07) is 9.57. The van der Waals surface area contributed by atoms with E-state index in [-0.39, 0.29) is 0 Å². The van der Waals surface area contributed by atoms with E-state index in [2.05, 4.69) is 9.97 Å². The molecule has 5 heteroatoms. The van der Waals surface area contributed by atoms with Gasteiger partial charge in [0.2, 0.25) is 5.95 Å². The number of halogens is 1. The maximum Gasteiger partial charge on any atom is 0.225 e. The fourth-order valence-electron chi connectivity index (χ4n) is 1.66. The van der Waals surface area contributed by atoms with Crippen molar-refractivity contribution in [1.29, 1.82) is 0 Å². The lowest BCUT2D eigenvalue weighted by atomic mass is 10.2. The highest BCUT2D eigenvalue weighted by Gasteiger charge is 2.06. The van der Waals surface area contributed by atoms with Gasteiger partial charge in [-0.2, -0.15) is 0 Å². The van der Waals surface area contributed by atoms with Gasteiger partial charge in [0.1, 0.15) is 0 Å². The van der Waals surface area contributed by atoms with Gasteiger partial charge in [0.05, 0.1) is 5.69 Å². The third kappa shape index (κ3) is 3.18. The quantitative estimate of drug-likeness (QED) is 0.918. The Morgan fingerprint density at radius 2 is 2.17 bits per heavy atom. The summed E-state index contributed by atoms with van der Waals surface area (Å²) in [7, 11) is 1.94. The summed E-state index contributed by atoms with van der Waals surface area (Å²) in [5, 5.41) is 0.734. The maximum atomic E-state index is 5.96. The highest BCUT2D eigenvalue weighted by molar-refractivity contribution is 6.30. The first-order valence-electron chi connectivity index (χ1n) is 5.66. The van der Waals surface area contributed by atoms with Gasteiger partial charge in [-0.05, 0) is 23.8 Å². The van der Waals surface area contributed by atoms with E-state index in [1.807, 2.05) is 42.3 Å². The zero-order chi connectivity index (χ0) is 13.0. The normalized spacial score (nSPS) is 10.4. The van der Waals surface area contributed by atoms with Gasteiger partial charge >= 0.3 is 0 Å². The van der Waals surface area contributed by atoms with Crippen LogP contribution in [0.5, 0.6) is 0 Å². The van der Waals surface area contributed by atoms with Gasteiger partial charge in [-0.15, -0.1) is 0 Å². The molecule has 0 spiro atoms. The molecule has 0 saturated carbocycles. The molecule has 4 nitrogen and oxygen atoms in total. The van der Waals surface area contributed by atoms with E-state index in [1.54, 1.807) is 6.20 Å². The molecular formula is C13H15ClN4. The third-order valence-corrected chi connectivity index (χ3v) is 2.79.